The van der Waals surface area contributed by atoms with Crippen molar-refractivity contribution < 1.29 is 0 Å². The molecule has 0 aliphatic carbocycles. The van der Waals surface area contributed by atoms with E-state index in [0.29, 0.717) is 17.5 Å². The molecule has 1 fully saturated rings. The van der Waals surface area contributed by atoms with Crippen LogP contribution in [-0.4, -0.2) is 22.5 Å². The Morgan fingerprint density at radius 3 is 2.76 bits per heavy atom. The Morgan fingerprint density at radius 2 is 2.12 bits per heavy atom. The molecule has 1 aromatic heterocycles. The highest BCUT2D eigenvalue weighted by molar-refractivity contribution is 7.99. The summed E-state index contributed by atoms with van der Waals surface area (Å²) in [5.74, 6) is 2.53. The number of aromatic nitrogens is 1. The second-order valence-electron chi connectivity index (χ2n) is 5.53. The normalized spacial score (nSPS) is 25.5. The number of thioether (sulfide) groups is 1. The molecule has 0 amide bonds. The molecule has 1 aliphatic heterocycles. The fourth-order valence-corrected chi connectivity index (χ4v) is 3.88. The Morgan fingerprint density at radius 1 is 1.41 bits per heavy atom. The van der Waals surface area contributed by atoms with Crippen molar-refractivity contribution in [2.75, 3.05) is 11.5 Å². The minimum Gasteiger partial charge on any atom is -0.306 e. The van der Waals surface area contributed by atoms with Crippen molar-refractivity contribution in [3.8, 4) is 0 Å². The first kappa shape index (κ1) is 12.9. The van der Waals surface area contributed by atoms with E-state index in [1.807, 2.05) is 12.4 Å². The molecular formula is C14H22N2S. The highest BCUT2D eigenvalue weighted by Crippen LogP contribution is 2.35. The summed E-state index contributed by atoms with van der Waals surface area (Å²) in [5.41, 5.74) is 1.73. The van der Waals surface area contributed by atoms with Crippen LogP contribution < -0.4 is 5.32 Å². The lowest BCUT2D eigenvalue weighted by atomic mass is 9.82. The van der Waals surface area contributed by atoms with Gasteiger partial charge >= 0.3 is 0 Å². The van der Waals surface area contributed by atoms with Gasteiger partial charge in [-0.15, -0.1) is 0 Å². The fourth-order valence-electron chi connectivity index (χ4n) is 2.26. The van der Waals surface area contributed by atoms with E-state index in [0.717, 1.165) is 0 Å². The van der Waals surface area contributed by atoms with Crippen molar-refractivity contribution in [3.05, 3.63) is 30.1 Å². The molecule has 0 saturated carbocycles. The lowest BCUT2D eigenvalue weighted by Crippen LogP contribution is -2.47. The van der Waals surface area contributed by atoms with Gasteiger partial charge in [-0.25, -0.2) is 0 Å². The third-order valence-corrected chi connectivity index (χ3v) is 4.84. The minimum absolute atomic E-state index is 0.404. The van der Waals surface area contributed by atoms with Crippen LogP contribution in [-0.2, 0) is 0 Å². The van der Waals surface area contributed by atoms with Crippen LogP contribution in [0.5, 0.6) is 0 Å². The Labute approximate surface area is 109 Å². The molecule has 2 nitrogen and oxygen atoms in total. The van der Waals surface area contributed by atoms with Crippen molar-refractivity contribution in [1.82, 2.24) is 10.3 Å². The van der Waals surface area contributed by atoms with Gasteiger partial charge in [-0.2, -0.15) is 11.8 Å². The van der Waals surface area contributed by atoms with E-state index in [1.165, 1.54) is 23.5 Å². The van der Waals surface area contributed by atoms with E-state index in [9.17, 15) is 0 Å². The zero-order valence-corrected chi connectivity index (χ0v) is 11.8. The van der Waals surface area contributed by atoms with Gasteiger partial charge < -0.3 is 5.32 Å². The molecule has 3 heteroatoms. The van der Waals surface area contributed by atoms with E-state index in [-0.39, 0.29) is 0 Å². The SMILES string of the molecule is C[C@@H](NC1CSCCC1(C)C)c1ccncc1. The first-order valence-corrected chi connectivity index (χ1v) is 7.49. The molecule has 0 radical (unpaired) electrons. The number of nitrogens with one attached hydrogen (secondary N) is 1. The van der Waals surface area contributed by atoms with Gasteiger partial charge in [0.25, 0.3) is 0 Å². The second-order valence-corrected chi connectivity index (χ2v) is 6.68. The third-order valence-electron chi connectivity index (χ3n) is 3.78. The van der Waals surface area contributed by atoms with E-state index < -0.39 is 0 Å². The summed E-state index contributed by atoms with van der Waals surface area (Å²) >= 11 is 2.07. The summed E-state index contributed by atoms with van der Waals surface area (Å²) < 4.78 is 0. The van der Waals surface area contributed by atoms with Gasteiger partial charge in [0.15, 0.2) is 0 Å². The monoisotopic (exact) mass is 250 g/mol. The highest BCUT2D eigenvalue weighted by atomic mass is 32.2. The van der Waals surface area contributed by atoms with Gasteiger partial charge in [-0.05, 0) is 42.2 Å². The number of hydrogen-bond acceptors (Lipinski definition) is 3. The van der Waals surface area contributed by atoms with Crippen LogP contribution >= 0.6 is 11.8 Å². The minimum atomic E-state index is 0.404. The van der Waals surface area contributed by atoms with E-state index in [4.69, 9.17) is 0 Å². The molecule has 0 bridgehead atoms. The van der Waals surface area contributed by atoms with Crippen molar-refractivity contribution >= 4 is 11.8 Å². The lowest BCUT2D eigenvalue weighted by Gasteiger charge is -2.40. The average Bonchev–Trinajstić information content (AvgIpc) is 2.33. The highest BCUT2D eigenvalue weighted by Gasteiger charge is 2.33. The number of rotatable bonds is 3. The van der Waals surface area contributed by atoms with Gasteiger partial charge in [-0.1, -0.05) is 13.8 Å². The van der Waals surface area contributed by atoms with Crippen molar-refractivity contribution in [2.24, 2.45) is 5.41 Å². The summed E-state index contributed by atoms with van der Waals surface area (Å²) in [5, 5.41) is 3.78. The Hall–Kier alpha value is -0.540. The maximum Gasteiger partial charge on any atom is 0.0296 e. The lowest BCUT2D eigenvalue weighted by molar-refractivity contribution is 0.232. The largest absolute Gasteiger partial charge is 0.306 e. The van der Waals surface area contributed by atoms with Crippen LogP contribution in [0.25, 0.3) is 0 Å². The predicted octanol–water partition coefficient (Wildman–Crippen LogP) is 3.26. The molecule has 1 unspecified atom stereocenters. The quantitative estimate of drug-likeness (QED) is 0.891. The maximum absolute atomic E-state index is 4.07. The first-order valence-electron chi connectivity index (χ1n) is 6.33. The molecule has 2 heterocycles. The standard InChI is InChI=1S/C14H22N2S/c1-11(12-4-7-15-8-5-12)16-13-10-17-9-6-14(13,2)3/h4-5,7-8,11,13,16H,6,9-10H2,1-3H3/t11-,13?/m1/s1. The molecule has 1 N–H and O–H groups in total. The van der Waals surface area contributed by atoms with Crippen LogP contribution in [0, 0.1) is 5.41 Å². The molecule has 0 aromatic carbocycles. The number of nitrogens with zero attached hydrogens (tertiary/aromatic N) is 1. The molecule has 1 aliphatic rings. The summed E-state index contributed by atoms with van der Waals surface area (Å²) in [7, 11) is 0. The Kier molecular flexibility index (Phi) is 4.10. The number of pyridine rings is 1. The van der Waals surface area contributed by atoms with Crippen LogP contribution in [0.4, 0.5) is 0 Å². The number of hydrogen-bond donors (Lipinski definition) is 1. The summed E-state index contributed by atoms with van der Waals surface area (Å²) in [4.78, 5) is 4.07. The third kappa shape index (κ3) is 3.23. The van der Waals surface area contributed by atoms with Crippen LogP contribution in [0.2, 0.25) is 0 Å². The summed E-state index contributed by atoms with van der Waals surface area (Å²) in [6.45, 7) is 7.00. The Bertz CT molecular complexity index is 350. The average molecular weight is 250 g/mol. The Balaban J connectivity index is 2.00. The van der Waals surface area contributed by atoms with E-state index in [2.05, 4.69) is 55.0 Å². The van der Waals surface area contributed by atoms with E-state index in [1.54, 1.807) is 0 Å². The topological polar surface area (TPSA) is 24.9 Å². The van der Waals surface area contributed by atoms with Crippen LogP contribution in [0.3, 0.4) is 0 Å². The zero-order valence-electron chi connectivity index (χ0n) is 10.9. The first-order chi connectivity index (χ1) is 8.09. The van der Waals surface area contributed by atoms with Crippen molar-refractivity contribution in [3.63, 3.8) is 0 Å². The molecular weight excluding hydrogens is 228 g/mol. The predicted molar refractivity (Wildman–Crippen MR) is 75.3 cm³/mol. The van der Waals surface area contributed by atoms with Crippen LogP contribution in [0.1, 0.15) is 38.8 Å². The van der Waals surface area contributed by atoms with Crippen molar-refractivity contribution in [1.29, 1.82) is 0 Å². The zero-order chi connectivity index (χ0) is 12.3. The molecule has 94 valence electrons. The van der Waals surface area contributed by atoms with Gasteiger partial charge in [0, 0.05) is 30.2 Å². The maximum atomic E-state index is 4.07. The van der Waals surface area contributed by atoms with Gasteiger partial charge in [0.2, 0.25) is 0 Å². The van der Waals surface area contributed by atoms with Gasteiger partial charge in [0.05, 0.1) is 0 Å². The smallest absolute Gasteiger partial charge is 0.0296 e. The molecule has 17 heavy (non-hydrogen) atoms. The van der Waals surface area contributed by atoms with Gasteiger partial charge in [-0.3, -0.25) is 4.98 Å². The molecule has 2 atom stereocenters. The van der Waals surface area contributed by atoms with Crippen LogP contribution in [0.15, 0.2) is 24.5 Å². The molecule has 0 spiro atoms. The molecule has 2 rings (SSSR count). The van der Waals surface area contributed by atoms with E-state index >= 15 is 0 Å². The van der Waals surface area contributed by atoms with Gasteiger partial charge in [0.1, 0.15) is 0 Å². The summed E-state index contributed by atoms with van der Waals surface area (Å²) in [6.07, 6.45) is 5.04. The molecule has 1 saturated heterocycles. The molecule has 1 aromatic rings. The summed E-state index contributed by atoms with van der Waals surface area (Å²) in [6, 6.07) is 5.20. The van der Waals surface area contributed by atoms with Crippen molar-refractivity contribution in [2.45, 2.75) is 39.3 Å². The second kappa shape index (κ2) is 5.40. The fraction of sp³-hybridized carbons (Fsp3) is 0.643.